The van der Waals surface area contributed by atoms with Crippen molar-refractivity contribution in [3.63, 3.8) is 0 Å². The fourth-order valence-corrected chi connectivity index (χ4v) is 7.10. The molecule has 0 saturated heterocycles. The molecule has 1 radical (unpaired) electrons. The van der Waals surface area contributed by atoms with Crippen molar-refractivity contribution in [2.45, 2.75) is 27.7 Å². The van der Waals surface area contributed by atoms with Crippen LogP contribution in [0.2, 0.25) is 14.8 Å². The van der Waals surface area contributed by atoms with E-state index in [9.17, 15) is 0 Å². The molecule has 0 unspecified atom stereocenters. The summed E-state index contributed by atoms with van der Waals surface area (Å²) in [5.41, 5.74) is 2.94. The number of hydrogen-bond acceptors (Lipinski definition) is 0. The molecule has 0 aliphatic heterocycles. The van der Waals surface area contributed by atoms with Gasteiger partial charge in [-0.1, -0.05) is 0 Å². The van der Waals surface area contributed by atoms with Crippen LogP contribution in [0.15, 0.2) is 39.0 Å². The quantitative estimate of drug-likeness (QED) is 0.679. The third-order valence-electron chi connectivity index (χ3n) is 2.76. The zero-order valence-electron chi connectivity index (χ0n) is 9.22. The molecule has 0 spiro atoms. The summed E-state index contributed by atoms with van der Waals surface area (Å²) in [5.74, 6) is 0. The summed E-state index contributed by atoms with van der Waals surface area (Å²) < 4.78 is 1.69. The van der Waals surface area contributed by atoms with E-state index in [4.69, 9.17) is 0 Å². The SMILES string of the molecule is [CH3][Sn]([CH3])([CH3])[C]1=C(C2=[C]CC=C2)CC=C1. The molecule has 0 aromatic carbocycles. The molecule has 0 fully saturated rings. The summed E-state index contributed by atoms with van der Waals surface area (Å²) in [6.07, 6.45) is 14.7. The van der Waals surface area contributed by atoms with Crippen molar-refractivity contribution in [3.8, 4) is 0 Å². The van der Waals surface area contributed by atoms with E-state index in [0.717, 1.165) is 12.8 Å². The van der Waals surface area contributed by atoms with Crippen LogP contribution in [-0.2, 0) is 0 Å². The van der Waals surface area contributed by atoms with Crippen molar-refractivity contribution in [2.24, 2.45) is 0 Å². The molecule has 0 N–H and O–H groups in total. The van der Waals surface area contributed by atoms with Gasteiger partial charge in [-0.15, -0.1) is 0 Å². The van der Waals surface area contributed by atoms with Crippen LogP contribution >= 0.6 is 0 Å². The molecule has 0 heterocycles. The van der Waals surface area contributed by atoms with Crippen LogP contribution in [0.3, 0.4) is 0 Å². The maximum atomic E-state index is 3.44. The molecule has 0 amide bonds. The van der Waals surface area contributed by atoms with Gasteiger partial charge in [-0.25, -0.2) is 0 Å². The van der Waals surface area contributed by atoms with Crippen molar-refractivity contribution in [2.75, 3.05) is 0 Å². The van der Waals surface area contributed by atoms with E-state index in [1.54, 1.807) is 9.16 Å². The first-order valence-corrected chi connectivity index (χ1v) is 15.3. The fourth-order valence-electron chi connectivity index (χ4n) is 2.07. The summed E-state index contributed by atoms with van der Waals surface area (Å²) >= 11 is -1.88. The van der Waals surface area contributed by atoms with Gasteiger partial charge in [-0.3, -0.25) is 0 Å². The maximum absolute atomic E-state index is 3.44. The van der Waals surface area contributed by atoms with E-state index < -0.39 is 18.4 Å². The van der Waals surface area contributed by atoms with Gasteiger partial charge in [0, 0.05) is 0 Å². The zero-order valence-corrected chi connectivity index (χ0v) is 12.1. The normalized spacial score (nSPS) is 20.9. The Morgan fingerprint density at radius 3 is 2.50 bits per heavy atom. The van der Waals surface area contributed by atoms with E-state index in [-0.39, 0.29) is 0 Å². The van der Waals surface area contributed by atoms with Gasteiger partial charge in [0.2, 0.25) is 0 Å². The molecular weight excluding hydrogens is 275 g/mol. The standard InChI is InChI=1S/C10H8.3CH3.Sn/c1-2-6-9(5-1)10-7-3-4-8-10;;;;/h1-3,7H,4-5H2;3*1H3;. The summed E-state index contributed by atoms with van der Waals surface area (Å²) in [5, 5.41) is 0. The van der Waals surface area contributed by atoms with E-state index in [2.05, 4.69) is 45.2 Å². The molecule has 1 heteroatoms. The molecule has 0 saturated carbocycles. The van der Waals surface area contributed by atoms with E-state index in [0.29, 0.717) is 0 Å². The second kappa shape index (κ2) is 3.73. The third-order valence-corrected chi connectivity index (χ3v) is 8.71. The molecule has 2 aliphatic rings. The summed E-state index contributed by atoms with van der Waals surface area (Å²) in [6, 6.07) is 0. The van der Waals surface area contributed by atoms with Crippen LogP contribution in [0.25, 0.3) is 0 Å². The Kier molecular flexibility index (Phi) is 2.74. The Labute approximate surface area is 91.0 Å². The monoisotopic (exact) mass is 293 g/mol. The summed E-state index contributed by atoms with van der Waals surface area (Å²) in [7, 11) is 0. The van der Waals surface area contributed by atoms with Crippen molar-refractivity contribution in [3.05, 3.63) is 45.1 Å². The first kappa shape index (κ1) is 10.3. The number of rotatable bonds is 2. The molecule has 2 aliphatic carbocycles. The van der Waals surface area contributed by atoms with Crippen LogP contribution in [0.5, 0.6) is 0 Å². The Morgan fingerprint density at radius 1 is 1.14 bits per heavy atom. The van der Waals surface area contributed by atoms with Crippen molar-refractivity contribution in [1.82, 2.24) is 0 Å². The van der Waals surface area contributed by atoms with E-state index in [1.165, 1.54) is 5.57 Å². The average Bonchev–Trinajstić information content (AvgIpc) is 2.73. The summed E-state index contributed by atoms with van der Waals surface area (Å²) in [4.78, 5) is 7.46. The Hall–Kier alpha value is -0.241. The van der Waals surface area contributed by atoms with Crippen molar-refractivity contribution >= 4 is 18.4 Å². The van der Waals surface area contributed by atoms with Gasteiger partial charge in [0.05, 0.1) is 0 Å². The minimum atomic E-state index is -1.88. The number of hydrogen-bond donors (Lipinski definition) is 0. The van der Waals surface area contributed by atoms with E-state index in [1.807, 2.05) is 0 Å². The molecule has 0 nitrogen and oxygen atoms in total. The molecule has 73 valence electrons. The van der Waals surface area contributed by atoms with Crippen LogP contribution < -0.4 is 0 Å². The predicted octanol–water partition coefficient (Wildman–Crippen LogP) is 3.81. The first-order valence-electron chi connectivity index (χ1n) is 5.27. The molecule has 0 bridgehead atoms. The molecule has 14 heavy (non-hydrogen) atoms. The molecule has 2 rings (SSSR count). The van der Waals surface area contributed by atoms with Gasteiger partial charge >= 0.3 is 91.2 Å². The van der Waals surface area contributed by atoms with Gasteiger partial charge in [-0.2, -0.15) is 0 Å². The van der Waals surface area contributed by atoms with Crippen molar-refractivity contribution < 1.29 is 0 Å². The van der Waals surface area contributed by atoms with Gasteiger partial charge in [0.25, 0.3) is 0 Å². The first-order chi connectivity index (χ1) is 6.59. The number of allylic oxidation sites excluding steroid dienone is 8. The minimum absolute atomic E-state index is 1.01. The van der Waals surface area contributed by atoms with Crippen LogP contribution in [-0.4, -0.2) is 18.4 Å². The molecular formula is C13H17Sn. The second-order valence-corrected chi connectivity index (χ2v) is 19.3. The molecule has 0 aromatic rings. The van der Waals surface area contributed by atoms with Gasteiger partial charge in [0.1, 0.15) is 0 Å². The fraction of sp³-hybridized carbons (Fsp3) is 0.385. The van der Waals surface area contributed by atoms with Crippen LogP contribution in [0, 0.1) is 6.08 Å². The second-order valence-electron chi connectivity index (χ2n) is 4.95. The Balaban J connectivity index is 2.39. The Bertz CT molecular complexity index is 359. The Morgan fingerprint density at radius 2 is 1.93 bits per heavy atom. The van der Waals surface area contributed by atoms with Crippen molar-refractivity contribution in [1.29, 1.82) is 0 Å². The van der Waals surface area contributed by atoms with Crippen LogP contribution in [0.1, 0.15) is 12.8 Å². The van der Waals surface area contributed by atoms with E-state index >= 15 is 0 Å². The average molecular weight is 292 g/mol. The molecule has 0 atom stereocenters. The van der Waals surface area contributed by atoms with Gasteiger partial charge < -0.3 is 0 Å². The van der Waals surface area contributed by atoms with Crippen LogP contribution in [0.4, 0.5) is 0 Å². The third kappa shape index (κ3) is 1.90. The van der Waals surface area contributed by atoms with Gasteiger partial charge in [-0.05, 0) is 0 Å². The molecule has 0 aromatic heterocycles. The predicted molar refractivity (Wildman–Crippen MR) is 64.6 cm³/mol. The zero-order chi connectivity index (χ0) is 10.2. The summed E-state index contributed by atoms with van der Waals surface area (Å²) in [6.45, 7) is 0. The topological polar surface area (TPSA) is 0 Å². The van der Waals surface area contributed by atoms with Gasteiger partial charge in [0.15, 0.2) is 0 Å².